The Balaban J connectivity index is 1.95. The minimum atomic E-state index is -0.403. The van der Waals surface area contributed by atoms with Gasteiger partial charge in [0, 0.05) is 23.4 Å². The number of anilines is 1. The SMILES string of the molecule is CNC(=O)c1c(NC(=O)c2ccccc2SC)sc2c1CCN(C(=O)OC)C2. The predicted molar refractivity (Wildman–Crippen MR) is 110 cm³/mol. The highest BCUT2D eigenvalue weighted by atomic mass is 32.2. The summed E-state index contributed by atoms with van der Waals surface area (Å²) in [5.74, 6) is -0.518. The number of hydrogen-bond acceptors (Lipinski definition) is 6. The minimum absolute atomic E-state index is 0.252. The van der Waals surface area contributed by atoms with E-state index < -0.39 is 6.09 Å². The zero-order valence-electron chi connectivity index (χ0n) is 15.8. The smallest absolute Gasteiger partial charge is 0.409 e. The van der Waals surface area contributed by atoms with Gasteiger partial charge in [-0.25, -0.2) is 4.79 Å². The first kappa shape index (κ1) is 20.2. The molecule has 0 radical (unpaired) electrons. The number of methoxy groups -OCH3 is 1. The van der Waals surface area contributed by atoms with Crippen molar-refractivity contribution in [1.82, 2.24) is 10.2 Å². The van der Waals surface area contributed by atoms with Crippen molar-refractivity contribution in [1.29, 1.82) is 0 Å². The normalized spacial score (nSPS) is 12.9. The number of amides is 3. The summed E-state index contributed by atoms with van der Waals surface area (Å²) < 4.78 is 4.80. The van der Waals surface area contributed by atoms with Gasteiger partial charge in [-0.2, -0.15) is 0 Å². The van der Waals surface area contributed by atoms with Crippen molar-refractivity contribution in [3.63, 3.8) is 0 Å². The molecule has 2 heterocycles. The molecule has 2 N–H and O–H groups in total. The van der Waals surface area contributed by atoms with Crippen LogP contribution >= 0.6 is 23.1 Å². The van der Waals surface area contributed by atoms with Crippen LogP contribution in [0.2, 0.25) is 0 Å². The number of rotatable bonds is 4. The van der Waals surface area contributed by atoms with Crippen LogP contribution in [-0.2, 0) is 17.7 Å². The zero-order chi connectivity index (χ0) is 20.3. The lowest BCUT2D eigenvalue weighted by Gasteiger charge is -2.25. The summed E-state index contributed by atoms with van der Waals surface area (Å²) in [4.78, 5) is 40.5. The van der Waals surface area contributed by atoms with Crippen molar-refractivity contribution in [2.45, 2.75) is 17.9 Å². The third-order valence-corrected chi connectivity index (χ3v) is 6.45. The van der Waals surface area contributed by atoms with E-state index in [9.17, 15) is 14.4 Å². The third-order valence-electron chi connectivity index (χ3n) is 4.52. The van der Waals surface area contributed by atoms with E-state index in [0.717, 1.165) is 15.3 Å². The number of fused-ring (bicyclic) bond motifs is 1. The van der Waals surface area contributed by atoms with Crippen LogP contribution in [0.5, 0.6) is 0 Å². The number of carbonyl (C=O) groups excluding carboxylic acids is 3. The lowest BCUT2D eigenvalue weighted by Crippen LogP contribution is -2.35. The first-order chi connectivity index (χ1) is 13.5. The Morgan fingerprint density at radius 3 is 2.64 bits per heavy atom. The summed E-state index contributed by atoms with van der Waals surface area (Å²) in [6.45, 7) is 0.817. The molecule has 2 aromatic rings. The molecule has 3 amide bonds. The highest BCUT2D eigenvalue weighted by Crippen LogP contribution is 2.37. The molecular formula is C19H21N3O4S2. The summed E-state index contributed by atoms with van der Waals surface area (Å²) in [5, 5.41) is 6.05. The molecule has 9 heteroatoms. The fraction of sp³-hybridized carbons (Fsp3) is 0.316. The molecule has 1 aliphatic heterocycles. The van der Waals surface area contributed by atoms with Crippen LogP contribution in [0.4, 0.5) is 9.80 Å². The molecule has 0 fully saturated rings. The number of hydrogen-bond donors (Lipinski definition) is 2. The van der Waals surface area contributed by atoms with E-state index in [1.807, 2.05) is 24.5 Å². The summed E-state index contributed by atoms with van der Waals surface area (Å²) in [7, 11) is 2.90. The highest BCUT2D eigenvalue weighted by Gasteiger charge is 2.30. The second kappa shape index (κ2) is 8.66. The maximum atomic E-state index is 12.9. The minimum Gasteiger partial charge on any atom is -0.453 e. The summed E-state index contributed by atoms with van der Waals surface area (Å²) in [6, 6.07) is 7.33. The Labute approximate surface area is 171 Å². The van der Waals surface area contributed by atoms with Gasteiger partial charge in [0.1, 0.15) is 5.00 Å². The second-order valence-electron chi connectivity index (χ2n) is 6.08. The largest absolute Gasteiger partial charge is 0.453 e. The number of thiophene rings is 1. The van der Waals surface area contributed by atoms with E-state index in [-0.39, 0.29) is 11.8 Å². The summed E-state index contributed by atoms with van der Waals surface area (Å²) >= 11 is 2.81. The zero-order valence-corrected chi connectivity index (χ0v) is 17.5. The van der Waals surface area contributed by atoms with Crippen molar-refractivity contribution in [2.75, 3.05) is 32.3 Å². The lowest BCUT2D eigenvalue weighted by atomic mass is 10.0. The molecule has 1 aliphatic rings. The highest BCUT2D eigenvalue weighted by molar-refractivity contribution is 7.98. The van der Waals surface area contributed by atoms with Crippen molar-refractivity contribution >= 4 is 46.0 Å². The predicted octanol–water partition coefficient (Wildman–Crippen LogP) is 3.21. The van der Waals surface area contributed by atoms with E-state index in [0.29, 0.717) is 35.6 Å². The van der Waals surface area contributed by atoms with Gasteiger partial charge in [-0.1, -0.05) is 12.1 Å². The Hall–Kier alpha value is -2.52. The number of thioether (sulfide) groups is 1. The number of nitrogens with one attached hydrogen (secondary N) is 2. The third kappa shape index (κ3) is 3.85. The first-order valence-electron chi connectivity index (χ1n) is 8.64. The monoisotopic (exact) mass is 419 g/mol. The van der Waals surface area contributed by atoms with Crippen molar-refractivity contribution in [3.8, 4) is 0 Å². The van der Waals surface area contributed by atoms with Crippen LogP contribution in [0.1, 0.15) is 31.2 Å². The molecule has 1 aromatic carbocycles. The van der Waals surface area contributed by atoms with E-state index >= 15 is 0 Å². The molecule has 0 saturated heterocycles. The Kier molecular flexibility index (Phi) is 6.25. The maximum absolute atomic E-state index is 12.9. The lowest BCUT2D eigenvalue weighted by molar-refractivity contribution is 0.0962. The van der Waals surface area contributed by atoms with Crippen LogP contribution in [0.3, 0.4) is 0 Å². The van der Waals surface area contributed by atoms with Crippen LogP contribution in [0.15, 0.2) is 29.2 Å². The standard InChI is InChI=1S/C19H21N3O4S2/c1-20-17(24)15-11-8-9-22(19(25)26-2)10-14(11)28-18(15)21-16(23)12-6-4-5-7-13(12)27-3/h4-7H,8-10H2,1-3H3,(H,20,24)(H,21,23). The van der Waals surface area contributed by atoms with Gasteiger partial charge >= 0.3 is 6.09 Å². The molecule has 0 spiro atoms. The van der Waals surface area contributed by atoms with Gasteiger partial charge in [-0.05, 0) is 30.4 Å². The van der Waals surface area contributed by atoms with Crippen molar-refractivity contribution < 1.29 is 19.1 Å². The number of nitrogens with zero attached hydrogens (tertiary/aromatic N) is 1. The van der Waals surface area contributed by atoms with Crippen molar-refractivity contribution in [3.05, 3.63) is 45.8 Å². The molecule has 148 valence electrons. The van der Waals surface area contributed by atoms with Crippen molar-refractivity contribution in [2.24, 2.45) is 0 Å². The fourth-order valence-electron chi connectivity index (χ4n) is 3.14. The van der Waals surface area contributed by atoms with E-state index in [4.69, 9.17) is 4.74 Å². The average molecular weight is 420 g/mol. The molecule has 28 heavy (non-hydrogen) atoms. The first-order valence-corrected chi connectivity index (χ1v) is 10.7. The molecule has 1 aromatic heterocycles. The Morgan fingerprint density at radius 2 is 1.96 bits per heavy atom. The molecule has 3 rings (SSSR count). The Bertz CT molecular complexity index is 926. The van der Waals surface area contributed by atoms with Gasteiger partial charge in [0.05, 0.1) is 24.8 Å². The van der Waals surface area contributed by atoms with E-state index in [2.05, 4.69) is 10.6 Å². The molecular weight excluding hydrogens is 398 g/mol. The van der Waals surface area contributed by atoms with Crippen LogP contribution in [0, 0.1) is 0 Å². The maximum Gasteiger partial charge on any atom is 0.409 e. The Morgan fingerprint density at radius 1 is 1.21 bits per heavy atom. The topological polar surface area (TPSA) is 87.7 Å². The van der Waals surface area contributed by atoms with E-state index in [1.165, 1.54) is 30.2 Å². The fourth-order valence-corrected chi connectivity index (χ4v) is 5.00. The van der Waals surface area contributed by atoms with Crippen LogP contribution in [0.25, 0.3) is 0 Å². The number of carbonyl (C=O) groups is 3. The van der Waals surface area contributed by atoms with Gasteiger partial charge in [-0.3, -0.25) is 9.59 Å². The molecule has 0 unspecified atom stereocenters. The summed E-state index contributed by atoms with van der Waals surface area (Å²) in [5.41, 5.74) is 1.90. The van der Waals surface area contributed by atoms with Crippen LogP contribution in [-0.4, -0.2) is 49.8 Å². The molecule has 0 saturated carbocycles. The molecule has 0 bridgehead atoms. The quantitative estimate of drug-likeness (QED) is 0.743. The van der Waals surface area contributed by atoms with Gasteiger partial charge < -0.3 is 20.3 Å². The average Bonchev–Trinajstić information content (AvgIpc) is 3.09. The van der Waals surface area contributed by atoms with Gasteiger partial charge in [0.15, 0.2) is 0 Å². The van der Waals surface area contributed by atoms with Gasteiger partial charge in [0.2, 0.25) is 0 Å². The summed E-state index contributed by atoms with van der Waals surface area (Å²) in [6.07, 6.45) is 2.04. The van der Waals surface area contributed by atoms with Gasteiger partial charge in [0.25, 0.3) is 11.8 Å². The second-order valence-corrected chi connectivity index (χ2v) is 8.04. The van der Waals surface area contributed by atoms with Crippen LogP contribution < -0.4 is 10.6 Å². The molecule has 0 atom stereocenters. The number of benzene rings is 1. The number of ether oxygens (including phenoxy) is 1. The molecule has 0 aliphatic carbocycles. The van der Waals surface area contributed by atoms with E-state index in [1.54, 1.807) is 18.0 Å². The molecule has 7 nitrogen and oxygen atoms in total. The van der Waals surface area contributed by atoms with Gasteiger partial charge in [-0.15, -0.1) is 23.1 Å².